The fourth-order valence-corrected chi connectivity index (χ4v) is 3.10. The van der Waals surface area contributed by atoms with Gasteiger partial charge in [-0.15, -0.1) is 0 Å². The molecule has 0 aliphatic heterocycles. The van der Waals surface area contributed by atoms with E-state index in [0.717, 1.165) is 36.7 Å². The van der Waals surface area contributed by atoms with Gasteiger partial charge in [-0.3, -0.25) is 0 Å². The molecule has 0 atom stereocenters. The van der Waals surface area contributed by atoms with Crippen molar-refractivity contribution in [2.45, 2.75) is 0 Å². The van der Waals surface area contributed by atoms with Crippen LogP contribution in [0.25, 0.3) is 32.7 Å². The van der Waals surface area contributed by atoms with Crippen LogP contribution in [0.15, 0.2) is 54.6 Å². The van der Waals surface area contributed by atoms with Crippen molar-refractivity contribution in [2.75, 3.05) is 0 Å². The predicted octanol–water partition coefficient (Wildman–Crippen LogP) is 5.86. The molecule has 0 fully saturated rings. The second-order valence-corrected chi connectivity index (χ2v) is 5.79. The second kappa shape index (κ2) is 3.62. The Kier molecular flexibility index (Phi) is 2.14. The van der Waals surface area contributed by atoms with Crippen LogP contribution in [0.4, 0.5) is 0 Å². The molecule has 0 unspecified atom stereocenters. The molecule has 0 N–H and O–H groups in total. The van der Waals surface area contributed by atoms with E-state index in [1.807, 2.05) is 24.3 Å². The van der Waals surface area contributed by atoms with Crippen molar-refractivity contribution in [2.24, 2.45) is 0 Å². The van der Waals surface area contributed by atoms with Gasteiger partial charge in [0.25, 0.3) is 0 Å². The summed E-state index contributed by atoms with van der Waals surface area (Å²) in [6.07, 6.45) is 0. The van der Waals surface area contributed by atoms with Crippen LogP contribution in [0.3, 0.4) is 0 Å². The first-order valence-corrected chi connectivity index (χ1v) is 6.99. The van der Waals surface area contributed by atoms with Crippen molar-refractivity contribution >= 4 is 64.6 Å². The third kappa shape index (κ3) is 1.52. The van der Waals surface area contributed by atoms with Gasteiger partial charge in [-0.25, -0.2) is 0 Å². The minimum atomic E-state index is 0.749. The molecule has 0 saturated heterocycles. The van der Waals surface area contributed by atoms with Gasteiger partial charge in [0.05, 0.1) is 0 Å². The Bertz CT molecular complexity index is 760. The van der Waals surface area contributed by atoms with Gasteiger partial charge in [-0.2, -0.15) is 0 Å². The average Bonchev–Trinajstić information content (AvgIpc) is 2.82. The lowest BCUT2D eigenvalue weighted by molar-refractivity contribution is 0.587. The molecule has 0 saturated carbocycles. The van der Waals surface area contributed by atoms with Gasteiger partial charge < -0.3 is 8.83 Å². The number of furan rings is 2. The zero-order valence-electron chi connectivity index (χ0n) is 9.04. The van der Waals surface area contributed by atoms with E-state index in [0.29, 0.717) is 0 Å². The number of halogens is 2. The highest BCUT2D eigenvalue weighted by atomic mass is 79.9. The fourth-order valence-electron chi connectivity index (χ4n) is 2.26. The summed E-state index contributed by atoms with van der Waals surface area (Å²) in [5.74, 6) is 0. The van der Waals surface area contributed by atoms with E-state index < -0.39 is 0 Å². The van der Waals surface area contributed by atoms with E-state index in [4.69, 9.17) is 8.83 Å². The molecule has 2 nitrogen and oxygen atoms in total. The zero-order valence-corrected chi connectivity index (χ0v) is 12.2. The quantitative estimate of drug-likeness (QED) is 0.390. The molecular weight excluding hydrogens is 360 g/mol. The number of hydrogen-bond donors (Lipinski definition) is 0. The smallest absolute Gasteiger partial charge is 0.170 e. The summed E-state index contributed by atoms with van der Waals surface area (Å²) in [6.45, 7) is 0. The zero-order chi connectivity index (χ0) is 12.3. The molecule has 2 heterocycles. The normalized spacial score (nSPS) is 11.9. The van der Waals surface area contributed by atoms with E-state index in [-0.39, 0.29) is 0 Å². The molecule has 0 aliphatic carbocycles. The van der Waals surface area contributed by atoms with Crippen molar-refractivity contribution in [3.8, 4) is 0 Å². The van der Waals surface area contributed by atoms with Gasteiger partial charge in [0.1, 0.15) is 11.2 Å². The number of benzene rings is 2. The highest BCUT2D eigenvalue weighted by Gasteiger charge is 2.07. The van der Waals surface area contributed by atoms with Crippen LogP contribution in [0.2, 0.25) is 0 Å². The molecule has 4 heteroatoms. The Balaban J connectivity index is 2.17. The predicted molar refractivity (Wildman–Crippen MR) is 78.9 cm³/mol. The Morgan fingerprint density at radius 1 is 0.556 bits per heavy atom. The third-order valence-corrected chi connectivity index (χ3v) is 3.83. The minimum absolute atomic E-state index is 0.749. The van der Waals surface area contributed by atoms with Crippen molar-refractivity contribution in [3.63, 3.8) is 0 Å². The molecule has 4 rings (SSSR count). The van der Waals surface area contributed by atoms with Crippen molar-refractivity contribution in [1.29, 1.82) is 0 Å². The molecule has 0 radical (unpaired) electrons. The van der Waals surface area contributed by atoms with Crippen molar-refractivity contribution in [3.05, 3.63) is 45.7 Å². The standard InChI is InChI=1S/C14H6Br2O2/c15-13-5-9-1-7-2-10-6-14(16)18-12(10)4-8(7)3-11(9)17-13/h1-6H. The van der Waals surface area contributed by atoms with Crippen LogP contribution >= 0.6 is 31.9 Å². The summed E-state index contributed by atoms with van der Waals surface area (Å²) >= 11 is 6.70. The van der Waals surface area contributed by atoms with E-state index in [2.05, 4.69) is 44.0 Å². The van der Waals surface area contributed by atoms with Gasteiger partial charge in [0, 0.05) is 10.8 Å². The van der Waals surface area contributed by atoms with Crippen LogP contribution in [0.5, 0.6) is 0 Å². The van der Waals surface area contributed by atoms with E-state index in [1.165, 1.54) is 5.39 Å². The minimum Gasteiger partial charge on any atom is -0.449 e. The highest BCUT2D eigenvalue weighted by molar-refractivity contribution is 9.10. The monoisotopic (exact) mass is 364 g/mol. The molecule has 0 amide bonds. The number of rotatable bonds is 0. The average molecular weight is 366 g/mol. The second-order valence-electron chi connectivity index (χ2n) is 4.23. The van der Waals surface area contributed by atoms with Crippen molar-refractivity contribution in [1.82, 2.24) is 0 Å². The molecule has 0 aliphatic rings. The van der Waals surface area contributed by atoms with Gasteiger partial charge in [0.15, 0.2) is 9.34 Å². The Morgan fingerprint density at radius 3 is 1.50 bits per heavy atom. The van der Waals surface area contributed by atoms with Crippen LogP contribution in [0.1, 0.15) is 0 Å². The molecule has 2 aromatic carbocycles. The van der Waals surface area contributed by atoms with E-state index >= 15 is 0 Å². The summed E-state index contributed by atoms with van der Waals surface area (Å²) < 4.78 is 12.6. The van der Waals surface area contributed by atoms with Gasteiger partial charge in [0.2, 0.25) is 0 Å². The van der Waals surface area contributed by atoms with Crippen molar-refractivity contribution < 1.29 is 8.83 Å². The Labute approximate surface area is 119 Å². The maximum Gasteiger partial charge on any atom is 0.170 e. The van der Waals surface area contributed by atoms with E-state index in [1.54, 1.807) is 0 Å². The SMILES string of the molecule is Brc1cc2cc3cc4cc(Br)oc4cc3cc2o1. The number of fused-ring (bicyclic) bond motifs is 3. The van der Waals surface area contributed by atoms with Crippen LogP contribution in [0, 0.1) is 0 Å². The first-order valence-electron chi connectivity index (χ1n) is 5.41. The maximum atomic E-state index is 5.57. The molecule has 0 spiro atoms. The third-order valence-electron chi connectivity index (χ3n) is 3.05. The maximum absolute atomic E-state index is 5.57. The number of hydrogen-bond acceptors (Lipinski definition) is 2. The van der Waals surface area contributed by atoms with Crippen LogP contribution < -0.4 is 0 Å². The summed E-state index contributed by atoms with van der Waals surface area (Å²) in [5.41, 5.74) is 1.75. The van der Waals surface area contributed by atoms with Gasteiger partial charge >= 0.3 is 0 Å². The lowest BCUT2D eigenvalue weighted by Gasteiger charge is -1.98. The first kappa shape index (κ1) is 10.6. The molecule has 88 valence electrons. The first-order chi connectivity index (χ1) is 8.69. The van der Waals surface area contributed by atoms with Gasteiger partial charge in [-0.1, -0.05) is 0 Å². The van der Waals surface area contributed by atoms with Crippen LogP contribution in [-0.4, -0.2) is 0 Å². The lowest BCUT2D eigenvalue weighted by Crippen LogP contribution is -1.73. The van der Waals surface area contributed by atoms with Gasteiger partial charge in [-0.05, 0) is 79.0 Å². The molecule has 0 bridgehead atoms. The van der Waals surface area contributed by atoms with E-state index in [9.17, 15) is 0 Å². The molecule has 2 aromatic heterocycles. The summed E-state index contributed by atoms with van der Waals surface area (Å²) in [6, 6.07) is 12.3. The molecule has 18 heavy (non-hydrogen) atoms. The highest BCUT2D eigenvalue weighted by Crippen LogP contribution is 2.32. The Morgan fingerprint density at radius 2 is 1.00 bits per heavy atom. The largest absolute Gasteiger partial charge is 0.449 e. The van der Waals surface area contributed by atoms with Crippen LogP contribution in [-0.2, 0) is 0 Å². The molecule has 4 aromatic rings. The Hall–Kier alpha value is -1.26. The molecular formula is C14H6Br2O2. The lowest BCUT2D eigenvalue weighted by atomic mass is 10.1. The summed E-state index contributed by atoms with van der Waals surface area (Å²) in [7, 11) is 0. The topological polar surface area (TPSA) is 26.3 Å². The summed E-state index contributed by atoms with van der Waals surface area (Å²) in [4.78, 5) is 0. The summed E-state index contributed by atoms with van der Waals surface area (Å²) in [5, 5.41) is 4.47. The fraction of sp³-hybridized carbons (Fsp3) is 0.